The van der Waals surface area contributed by atoms with Crippen LogP contribution in [0.4, 0.5) is 0 Å². The van der Waals surface area contributed by atoms with Gasteiger partial charge in [0, 0.05) is 44.3 Å². The van der Waals surface area contributed by atoms with Crippen LogP contribution < -0.4 is 0 Å². The smallest absolute Gasteiger partial charge is 0.257 e. The Bertz CT molecular complexity index is 651. The first-order chi connectivity index (χ1) is 12.5. The maximum atomic E-state index is 12.6. The van der Waals surface area contributed by atoms with Crippen LogP contribution in [-0.2, 0) is 4.79 Å². The van der Waals surface area contributed by atoms with E-state index >= 15 is 0 Å². The topological polar surface area (TPSA) is 64.1 Å². The van der Waals surface area contributed by atoms with Crippen molar-refractivity contribution in [1.82, 2.24) is 14.7 Å². The van der Waals surface area contributed by atoms with Crippen LogP contribution in [-0.4, -0.2) is 77.4 Å². The number of likely N-dealkylation sites (tertiary alicyclic amines) is 1. The quantitative estimate of drug-likeness (QED) is 0.874. The molecule has 2 aliphatic heterocycles. The van der Waals surface area contributed by atoms with Gasteiger partial charge in [0.05, 0.1) is 12.1 Å². The highest BCUT2D eigenvalue weighted by atomic mass is 35.5. The third kappa shape index (κ3) is 4.68. The van der Waals surface area contributed by atoms with Gasteiger partial charge >= 0.3 is 0 Å². The molecule has 2 heterocycles. The Hall–Kier alpha value is -1.79. The number of phenolic OH excluding ortho intramolecular Hbond substituents is 1. The van der Waals surface area contributed by atoms with E-state index in [0.717, 1.165) is 25.9 Å². The monoisotopic (exact) mass is 379 g/mol. The standard InChI is InChI=1S/C19H26ClN3O3/c20-15-5-6-17(24)16(13-15)19(26)23-11-9-21(10-12-23)14-18(25)22-7-3-1-2-4-8-22/h5-6,13,24H,1-4,7-12,14H2. The zero-order valence-electron chi connectivity index (χ0n) is 15.0. The summed E-state index contributed by atoms with van der Waals surface area (Å²) in [5.74, 6) is -0.0826. The van der Waals surface area contributed by atoms with Crippen molar-refractivity contribution >= 4 is 23.4 Å². The lowest BCUT2D eigenvalue weighted by molar-refractivity contribution is -0.132. The Balaban J connectivity index is 1.51. The Labute approximate surface area is 159 Å². The van der Waals surface area contributed by atoms with Crippen LogP contribution in [0.3, 0.4) is 0 Å². The zero-order valence-corrected chi connectivity index (χ0v) is 15.7. The molecule has 26 heavy (non-hydrogen) atoms. The molecule has 0 unspecified atom stereocenters. The van der Waals surface area contributed by atoms with Gasteiger partial charge in [-0.2, -0.15) is 0 Å². The summed E-state index contributed by atoms with van der Waals surface area (Å²) in [4.78, 5) is 30.9. The fourth-order valence-electron chi connectivity index (χ4n) is 3.57. The maximum Gasteiger partial charge on any atom is 0.257 e. The molecule has 0 bridgehead atoms. The molecule has 0 aromatic heterocycles. The Morgan fingerprint density at radius 3 is 2.23 bits per heavy atom. The molecule has 1 aromatic rings. The molecule has 0 radical (unpaired) electrons. The minimum Gasteiger partial charge on any atom is -0.507 e. The first-order valence-electron chi connectivity index (χ1n) is 9.32. The van der Waals surface area contributed by atoms with Gasteiger partial charge in [0.15, 0.2) is 0 Å². The zero-order chi connectivity index (χ0) is 18.5. The molecule has 3 rings (SSSR count). The van der Waals surface area contributed by atoms with Gasteiger partial charge in [-0.15, -0.1) is 0 Å². The van der Waals surface area contributed by atoms with E-state index in [1.165, 1.54) is 25.0 Å². The van der Waals surface area contributed by atoms with E-state index < -0.39 is 0 Å². The average Bonchev–Trinajstić information content (AvgIpc) is 2.93. The van der Waals surface area contributed by atoms with Crippen molar-refractivity contribution in [3.05, 3.63) is 28.8 Å². The van der Waals surface area contributed by atoms with Crippen molar-refractivity contribution < 1.29 is 14.7 Å². The van der Waals surface area contributed by atoms with E-state index in [4.69, 9.17) is 11.6 Å². The molecule has 0 spiro atoms. The molecule has 2 aliphatic rings. The number of phenols is 1. The van der Waals surface area contributed by atoms with Gasteiger partial charge in [0.25, 0.3) is 5.91 Å². The molecule has 6 nitrogen and oxygen atoms in total. The Morgan fingerprint density at radius 1 is 0.923 bits per heavy atom. The lowest BCUT2D eigenvalue weighted by atomic mass is 10.1. The molecule has 0 aliphatic carbocycles. The van der Waals surface area contributed by atoms with E-state index in [-0.39, 0.29) is 23.1 Å². The number of nitrogens with zero attached hydrogens (tertiary/aromatic N) is 3. The molecule has 7 heteroatoms. The van der Waals surface area contributed by atoms with Crippen LogP contribution in [0, 0.1) is 0 Å². The second-order valence-corrected chi connectivity index (χ2v) is 7.46. The van der Waals surface area contributed by atoms with Gasteiger partial charge in [0.1, 0.15) is 5.75 Å². The van der Waals surface area contributed by atoms with Crippen molar-refractivity contribution in [3.8, 4) is 5.75 Å². The van der Waals surface area contributed by atoms with E-state index in [1.54, 1.807) is 11.0 Å². The Morgan fingerprint density at radius 2 is 1.58 bits per heavy atom. The van der Waals surface area contributed by atoms with Crippen molar-refractivity contribution in [2.45, 2.75) is 25.7 Å². The van der Waals surface area contributed by atoms with E-state index in [1.807, 2.05) is 4.90 Å². The number of aromatic hydroxyl groups is 1. The number of halogens is 1. The van der Waals surface area contributed by atoms with Crippen molar-refractivity contribution in [3.63, 3.8) is 0 Å². The number of amides is 2. The van der Waals surface area contributed by atoms with Crippen LogP contribution in [0.5, 0.6) is 5.75 Å². The summed E-state index contributed by atoms with van der Waals surface area (Å²) in [5.41, 5.74) is 0.228. The minimum absolute atomic E-state index is 0.0572. The summed E-state index contributed by atoms with van der Waals surface area (Å²) in [5, 5.41) is 10.3. The van der Waals surface area contributed by atoms with Crippen molar-refractivity contribution in [2.75, 3.05) is 45.8 Å². The van der Waals surface area contributed by atoms with Crippen LogP contribution in [0.15, 0.2) is 18.2 Å². The van der Waals surface area contributed by atoms with Gasteiger partial charge in [-0.3, -0.25) is 14.5 Å². The number of carbonyl (C=O) groups is 2. The summed E-state index contributed by atoms with van der Waals surface area (Å²) < 4.78 is 0. The number of piperazine rings is 1. The predicted octanol–water partition coefficient (Wildman–Crippen LogP) is 2.21. The second-order valence-electron chi connectivity index (χ2n) is 7.02. The third-order valence-corrected chi connectivity index (χ3v) is 5.40. The van der Waals surface area contributed by atoms with E-state index in [2.05, 4.69) is 4.90 Å². The second kappa shape index (κ2) is 8.73. The molecule has 0 saturated carbocycles. The van der Waals surface area contributed by atoms with E-state index in [0.29, 0.717) is 37.7 Å². The fourth-order valence-corrected chi connectivity index (χ4v) is 3.74. The highest BCUT2D eigenvalue weighted by molar-refractivity contribution is 6.31. The fraction of sp³-hybridized carbons (Fsp3) is 0.579. The number of hydrogen-bond donors (Lipinski definition) is 1. The first kappa shape index (κ1) is 19.0. The molecule has 1 aromatic carbocycles. The summed E-state index contributed by atoms with van der Waals surface area (Å²) >= 11 is 5.93. The predicted molar refractivity (Wildman–Crippen MR) is 101 cm³/mol. The van der Waals surface area contributed by atoms with Crippen LogP contribution in [0.1, 0.15) is 36.0 Å². The molecular formula is C19H26ClN3O3. The van der Waals surface area contributed by atoms with Crippen molar-refractivity contribution in [2.24, 2.45) is 0 Å². The lowest BCUT2D eigenvalue weighted by Gasteiger charge is -2.35. The van der Waals surface area contributed by atoms with Gasteiger partial charge in [-0.25, -0.2) is 0 Å². The molecule has 2 amide bonds. The molecule has 2 saturated heterocycles. The van der Waals surface area contributed by atoms with Gasteiger partial charge in [-0.1, -0.05) is 24.4 Å². The molecule has 2 fully saturated rings. The third-order valence-electron chi connectivity index (χ3n) is 5.17. The van der Waals surface area contributed by atoms with Crippen LogP contribution in [0.2, 0.25) is 5.02 Å². The number of hydrogen-bond acceptors (Lipinski definition) is 4. The number of benzene rings is 1. The highest BCUT2D eigenvalue weighted by Gasteiger charge is 2.26. The molecule has 1 N–H and O–H groups in total. The molecule has 0 atom stereocenters. The largest absolute Gasteiger partial charge is 0.507 e. The van der Waals surface area contributed by atoms with Gasteiger partial charge in [0.2, 0.25) is 5.91 Å². The van der Waals surface area contributed by atoms with Crippen molar-refractivity contribution in [1.29, 1.82) is 0 Å². The highest BCUT2D eigenvalue weighted by Crippen LogP contribution is 2.23. The van der Waals surface area contributed by atoms with Gasteiger partial charge in [-0.05, 0) is 31.0 Å². The van der Waals surface area contributed by atoms with E-state index in [9.17, 15) is 14.7 Å². The molecular weight excluding hydrogens is 354 g/mol. The summed E-state index contributed by atoms with van der Waals surface area (Å²) in [6, 6.07) is 4.49. The van der Waals surface area contributed by atoms with Crippen LogP contribution in [0.25, 0.3) is 0 Å². The van der Waals surface area contributed by atoms with Gasteiger partial charge < -0.3 is 14.9 Å². The lowest BCUT2D eigenvalue weighted by Crippen LogP contribution is -2.51. The maximum absolute atomic E-state index is 12.6. The molecule has 142 valence electrons. The summed E-state index contributed by atoms with van der Waals surface area (Å²) in [6.07, 6.45) is 4.61. The minimum atomic E-state index is -0.219. The first-order valence-corrected chi connectivity index (χ1v) is 9.70. The summed E-state index contributed by atoms with van der Waals surface area (Å²) in [7, 11) is 0. The Kier molecular flexibility index (Phi) is 6.38. The average molecular weight is 380 g/mol. The van der Waals surface area contributed by atoms with Crippen LogP contribution >= 0.6 is 11.6 Å². The number of rotatable bonds is 3. The normalized spacial score (nSPS) is 19.3. The SMILES string of the molecule is O=C(CN1CCN(C(=O)c2cc(Cl)ccc2O)CC1)N1CCCCCC1. The summed E-state index contributed by atoms with van der Waals surface area (Å²) in [6.45, 7) is 4.55. The number of carbonyl (C=O) groups excluding carboxylic acids is 2.